The number of hydrogen-bond acceptors (Lipinski definition) is 3. The number of para-hydroxylation sites is 1. The number of nitrogens with zero attached hydrogens (tertiary/aromatic N) is 1. The molecule has 3 aromatic rings. The maximum Gasteiger partial charge on any atom is 0.263 e. The maximum absolute atomic E-state index is 12.5. The quantitative estimate of drug-likeness (QED) is 0.762. The smallest absolute Gasteiger partial charge is 0.263 e. The van der Waals surface area contributed by atoms with E-state index in [0.29, 0.717) is 11.2 Å². The molecule has 0 aliphatic rings. The summed E-state index contributed by atoms with van der Waals surface area (Å²) >= 11 is 11.9. The Kier molecular flexibility index (Phi) is 3.95. The molecule has 0 unspecified atom stereocenters. The van der Waals surface area contributed by atoms with Crippen molar-refractivity contribution in [1.29, 1.82) is 0 Å². The third-order valence-corrected chi connectivity index (χ3v) is 5.42. The molecule has 0 saturated heterocycles. The first-order valence-corrected chi connectivity index (χ1v) is 8.53. The number of aromatic nitrogens is 1. The van der Waals surface area contributed by atoms with Crippen LogP contribution in [-0.2, 0) is 10.0 Å². The van der Waals surface area contributed by atoms with Gasteiger partial charge in [-0.2, -0.15) is 0 Å². The summed E-state index contributed by atoms with van der Waals surface area (Å²) in [5.41, 5.74) is 0.945. The molecule has 0 saturated carbocycles. The molecular weight excluding hydrogens is 343 g/mol. The second-order valence-corrected chi connectivity index (χ2v) is 6.97. The van der Waals surface area contributed by atoms with Gasteiger partial charge in [0.15, 0.2) is 0 Å². The highest BCUT2D eigenvalue weighted by molar-refractivity contribution is 7.92. The molecule has 0 amide bonds. The third-order valence-electron chi connectivity index (χ3n) is 3.08. The topological polar surface area (TPSA) is 59.1 Å². The molecule has 0 aliphatic heterocycles. The molecule has 1 aromatic heterocycles. The highest BCUT2D eigenvalue weighted by atomic mass is 35.5. The molecule has 3 rings (SSSR count). The fourth-order valence-corrected chi connectivity index (χ4v) is 3.91. The second-order valence-electron chi connectivity index (χ2n) is 4.54. The molecule has 0 radical (unpaired) electrons. The predicted octanol–water partition coefficient (Wildman–Crippen LogP) is 4.34. The number of rotatable bonds is 3. The van der Waals surface area contributed by atoms with E-state index in [1.807, 2.05) is 12.1 Å². The zero-order valence-corrected chi connectivity index (χ0v) is 13.5. The lowest BCUT2D eigenvalue weighted by molar-refractivity contribution is 0.601. The van der Waals surface area contributed by atoms with E-state index < -0.39 is 10.0 Å². The van der Waals surface area contributed by atoms with Crippen molar-refractivity contribution in [2.24, 2.45) is 0 Å². The Morgan fingerprint density at radius 1 is 0.955 bits per heavy atom. The minimum atomic E-state index is -3.86. The summed E-state index contributed by atoms with van der Waals surface area (Å²) in [5, 5.41) is 1.00. The van der Waals surface area contributed by atoms with Crippen LogP contribution in [0.2, 0.25) is 10.0 Å². The lowest BCUT2D eigenvalue weighted by Crippen LogP contribution is -2.14. The van der Waals surface area contributed by atoms with Crippen LogP contribution >= 0.6 is 23.2 Å². The summed E-state index contributed by atoms with van der Waals surface area (Å²) in [7, 11) is -3.86. The van der Waals surface area contributed by atoms with Crippen LogP contribution in [0.4, 0.5) is 5.69 Å². The predicted molar refractivity (Wildman–Crippen MR) is 89.0 cm³/mol. The van der Waals surface area contributed by atoms with E-state index in [-0.39, 0.29) is 14.9 Å². The van der Waals surface area contributed by atoms with Gasteiger partial charge in [0.25, 0.3) is 10.0 Å². The number of hydrogen-bond donors (Lipinski definition) is 1. The van der Waals surface area contributed by atoms with Crippen LogP contribution in [0.3, 0.4) is 0 Å². The molecule has 112 valence electrons. The van der Waals surface area contributed by atoms with E-state index in [2.05, 4.69) is 9.71 Å². The molecule has 1 heterocycles. The second kappa shape index (κ2) is 5.76. The van der Waals surface area contributed by atoms with Crippen LogP contribution in [0, 0.1) is 0 Å². The van der Waals surface area contributed by atoms with Crippen molar-refractivity contribution in [3.8, 4) is 0 Å². The van der Waals surface area contributed by atoms with Crippen molar-refractivity contribution < 1.29 is 8.42 Å². The summed E-state index contributed by atoms with van der Waals surface area (Å²) in [4.78, 5) is 4.14. The molecule has 2 aromatic carbocycles. The summed E-state index contributed by atoms with van der Waals surface area (Å²) in [6, 6.07) is 13.3. The molecule has 0 spiro atoms. The zero-order valence-electron chi connectivity index (χ0n) is 11.1. The van der Waals surface area contributed by atoms with E-state index in [1.54, 1.807) is 24.4 Å². The number of benzene rings is 2. The fraction of sp³-hybridized carbons (Fsp3) is 0. The minimum absolute atomic E-state index is 0.00939. The van der Waals surface area contributed by atoms with Crippen molar-refractivity contribution in [3.05, 3.63) is 64.8 Å². The Labute approximate surface area is 137 Å². The van der Waals surface area contributed by atoms with Crippen LogP contribution in [0.1, 0.15) is 0 Å². The van der Waals surface area contributed by atoms with Crippen LogP contribution in [0.5, 0.6) is 0 Å². The van der Waals surface area contributed by atoms with Crippen molar-refractivity contribution in [3.63, 3.8) is 0 Å². The molecule has 1 N–H and O–H groups in total. The van der Waals surface area contributed by atoms with Gasteiger partial charge in [0.2, 0.25) is 0 Å². The van der Waals surface area contributed by atoms with Gasteiger partial charge in [0.05, 0.1) is 21.2 Å². The highest BCUT2D eigenvalue weighted by Crippen LogP contribution is 2.31. The molecule has 0 atom stereocenters. The van der Waals surface area contributed by atoms with Crippen LogP contribution < -0.4 is 4.72 Å². The average Bonchev–Trinajstić information content (AvgIpc) is 2.50. The number of pyridine rings is 1. The van der Waals surface area contributed by atoms with Gasteiger partial charge in [-0.15, -0.1) is 0 Å². The molecule has 0 aliphatic carbocycles. The Balaban J connectivity index is 2.09. The Morgan fingerprint density at radius 3 is 2.50 bits per heavy atom. The van der Waals surface area contributed by atoms with Gasteiger partial charge in [-0.05, 0) is 24.3 Å². The number of anilines is 1. The molecule has 0 bridgehead atoms. The van der Waals surface area contributed by atoms with Crippen molar-refractivity contribution >= 4 is 49.8 Å². The van der Waals surface area contributed by atoms with Gasteiger partial charge >= 0.3 is 0 Å². The number of halogens is 2. The molecule has 0 fully saturated rings. The largest absolute Gasteiger partial charge is 0.277 e. The van der Waals surface area contributed by atoms with Gasteiger partial charge in [-0.1, -0.05) is 47.5 Å². The van der Waals surface area contributed by atoms with Gasteiger partial charge < -0.3 is 0 Å². The normalized spacial score (nSPS) is 11.5. The number of sulfonamides is 1. The van der Waals surface area contributed by atoms with Crippen molar-refractivity contribution in [1.82, 2.24) is 4.98 Å². The monoisotopic (exact) mass is 352 g/mol. The van der Waals surface area contributed by atoms with Crippen molar-refractivity contribution in [2.45, 2.75) is 4.90 Å². The van der Waals surface area contributed by atoms with Crippen molar-refractivity contribution in [2.75, 3.05) is 4.72 Å². The lowest BCUT2D eigenvalue weighted by atomic mass is 10.2. The van der Waals surface area contributed by atoms with Crippen LogP contribution in [-0.4, -0.2) is 13.4 Å². The lowest BCUT2D eigenvalue weighted by Gasteiger charge is -2.11. The zero-order chi connectivity index (χ0) is 15.7. The minimum Gasteiger partial charge on any atom is -0.277 e. The van der Waals surface area contributed by atoms with Gasteiger partial charge in [-0.3, -0.25) is 9.71 Å². The molecule has 7 heteroatoms. The van der Waals surface area contributed by atoms with E-state index in [9.17, 15) is 8.42 Å². The Hall–Kier alpha value is -1.82. The summed E-state index contributed by atoms with van der Waals surface area (Å²) in [5.74, 6) is 0. The standard InChI is InChI=1S/C15H10Cl2N2O2S/c16-11-6-2-8-13(14(11)17)22(20,21)19-12-7-1-4-10-5-3-9-18-15(10)12/h1-9,19H. The van der Waals surface area contributed by atoms with Gasteiger partial charge in [-0.25, -0.2) is 8.42 Å². The average molecular weight is 353 g/mol. The van der Waals surface area contributed by atoms with E-state index in [1.165, 1.54) is 18.2 Å². The number of nitrogens with one attached hydrogen (secondary N) is 1. The summed E-state index contributed by atoms with van der Waals surface area (Å²) in [6.45, 7) is 0. The summed E-state index contributed by atoms with van der Waals surface area (Å²) in [6.07, 6.45) is 1.60. The Morgan fingerprint density at radius 2 is 1.68 bits per heavy atom. The number of fused-ring (bicyclic) bond motifs is 1. The Bertz CT molecular complexity index is 953. The highest BCUT2D eigenvalue weighted by Gasteiger charge is 2.20. The first-order chi connectivity index (χ1) is 10.5. The first-order valence-electron chi connectivity index (χ1n) is 6.29. The van der Waals surface area contributed by atoms with Gasteiger partial charge in [0, 0.05) is 11.6 Å². The third kappa shape index (κ3) is 2.75. The van der Waals surface area contributed by atoms with E-state index >= 15 is 0 Å². The molecule has 4 nitrogen and oxygen atoms in total. The first kappa shape index (κ1) is 15.1. The fourth-order valence-electron chi connectivity index (χ4n) is 2.08. The summed E-state index contributed by atoms with van der Waals surface area (Å²) < 4.78 is 27.6. The SMILES string of the molecule is O=S(=O)(Nc1cccc2cccnc12)c1cccc(Cl)c1Cl. The van der Waals surface area contributed by atoms with E-state index in [4.69, 9.17) is 23.2 Å². The maximum atomic E-state index is 12.5. The molecule has 22 heavy (non-hydrogen) atoms. The van der Waals surface area contributed by atoms with Crippen LogP contribution in [0.25, 0.3) is 10.9 Å². The van der Waals surface area contributed by atoms with E-state index in [0.717, 1.165) is 5.39 Å². The van der Waals surface area contributed by atoms with Crippen LogP contribution in [0.15, 0.2) is 59.6 Å². The van der Waals surface area contributed by atoms with Gasteiger partial charge in [0.1, 0.15) is 4.90 Å². The molecular formula is C15H10Cl2N2O2S.